The molecule has 3 rings (SSSR count). The molecular weight excluding hydrogens is 442 g/mol. The number of carbonyl (C=O) groups excluding carboxylic acids is 2. The minimum atomic E-state index is -3.93. The molecule has 8 nitrogen and oxygen atoms in total. The fourth-order valence-corrected chi connectivity index (χ4v) is 5.13. The Bertz CT molecular complexity index is 1090. The van der Waals surface area contributed by atoms with Gasteiger partial charge in [-0.3, -0.25) is 9.59 Å². The average molecular weight is 468 g/mol. The minimum Gasteiger partial charge on any atom is -0.383 e. The highest BCUT2D eigenvalue weighted by molar-refractivity contribution is 7.89. The molecule has 0 radical (unpaired) electrons. The van der Waals surface area contributed by atoms with Gasteiger partial charge in [-0.15, -0.1) is 0 Å². The Morgan fingerprint density at radius 2 is 2.10 bits per heavy atom. The van der Waals surface area contributed by atoms with Gasteiger partial charge in [-0.2, -0.15) is 4.72 Å². The Hall–Kier alpha value is -2.20. The van der Waals surface area contributed by atoms with Crippen molar-refractivity contribution in [3.8, 4) is 0 Å². The van der Waals surface area contributed by atoms with E-state index in [1.165, 1.54) is 21.9 Å². The van der Waals surface area contributed by atoms with Crippen molar-refractivity contribution in [1.82, 2.24) is 14.5 Å². The molecular formula is C21H26ClN3O5S. The van der Waals surface area contributed by atoms with Crippen LogP contribution in [0.2, 0.25) is 5.02 Å². The molecule has 2 atom stereocenters. The van der Waals surface area contributed by atoms with Crippen molar-refractivity contribution in [2.24, 2.45) is 0 Å². The zero-order valence-electron chi connectivity index (χ0n) is 17.7. The van der Waals surface area contributed by atoms with E-state index < -0.39 is 28.0 Å². The molecule has 168 valence electrons. The van der Waals surface area contributed by atoms with E-state index in [9.17, 15) is 18.0 Å². The Morgan fingerprint density at radius 3 is 2.81 bits per heavy atom. The van der Waals surface area contributed by atoms with Crippen molar-refractivity contribution in [3.63, 3.8) is 0 Å². The highest BCUT2D eigenvalue weighted by atomic mass is 35.5. The maximum atomic E-state index is 12.9. The van der Waals surface area contributed by atoms with Gasteiger partial charge in [0.05, 0.1) is 11.5 Å². The van der Waals surface area contributed by atoms with Crippen LogP contribution >= 0.6 is 11.6 Å². The number of rotatable bonds is 8. The summed E-state index contributed by atoms with van der Waals surface area (Å²) in [6.07, 6.45) is 0.289. The molecule has 1 saturated heterocycles. The molecule has 0 saturated carbocycles. The Morgan fingerprint density at radius 1 is 1.35 bits per heavy atom. The molecule has 1 aliphatic rings. The van der Waals surface area contributed by atoms with Crippen molar-refractivity contribution in [3.05, 3.63) is 41.4 Å². The molecule has 0 aliphatic carbocycles. The lowest BCUT2D eigenvalue weighted by molar-refractivity contribution is -0.142. The fourth-order valence-electron chi connectivity index (χ4n) is 3.63. The summed E-state index contributed by atoms with van der Waals surface area (Å²) in [6.45, 7) is 2.74. The largest absolute Gasteiger partial charge is 0.383 e. The first-order chi connectivity index (χ1) is 14.7. The van der Waals surface area contributed by atoms with E-state index in [0.29, 0.717) is 30.1 Å². The van der Waals surface area contributed by atoms with Crippen LogP contribution in [0.4, 0.5) is 0 Å². The number of methoxy groups -OCH3 is 1. The molecule has 31 heavy (non-hydrogen) atoms. The number of benzene rings is 2. The van der Waals surface area contributed by atoms with Gasteiger partial charge in [0.1, 0.15) is 12.1 Å². The second-order valence-electron chi connectivity index (χ2n) is 7.55. The SMILES string of the molecule is COCCN(C)C(=O)[C@H](C)N1CC[C@H](NS(=O)(=O)c2ccc3c(Cl)cccc3c2)C1=O. The van der Waals surface area contributed by atoms with Crippen LogP contribution in [0, 0.1) is 0 Å². The third-order valence-electron chi connectivity index (χ3n) is 5.48. The van der Waals surface area contributed by atoms with E-state index >= 15 is 0 Å². The van der Waals surface area contributed by atoms with Gasteiger partial charge >= 0.3 is 0 Å². The van der Waals surface area contributed by atoms with E-state index in [4.69, 9.17) is 16.3 Å². The van der Waals surface area contributed by atoms with E-state index in [2.05, 4.69) is 4.72 Å². The molecule has 2 amide bonds. The number of likely N-dealkylation sites (N-methyl/N-ethyl adjacent to an activating group) is 1. The van der Waals surface area contributed by atoms with Gasteiger partial charge in [-0.25, -0.2) is 8.42 Å². The molecule has 2 aromatic carbocycles. The standard InChI is InChI=1S/C21H26ClN3O5S/c1-14(20(26)24(2)11-12-30-3)25-10-9-19(21(25)27)23-31(28,29)16-7-8-17-15(13-16)5-4-6-18(17)22/h4-8,13-14,19,23H,9-12H2,1-3H3/t14-,19-/m0/s1. The number of amides is 2. The summed E-state index contributed by atoms with van der Waals surface area (Å²) in [4.78, 5) is 28.4. The summed E-state index contributed by atoms with van der Waals surface area (Å²) >= 11 is 6.15. The van der Waals surface area contributed by atoms with Gasteiger partial charge in [0.25, 0.3) is 0 Å². The first-order valence-corrected chi connectivity index (χ1v) is 11.8. The second kappa shape index (κ2) is 9.52. The summed E-state index contributed by atoms with van der Waals surface area (Å²) < 4.78 is 33.3. The highest BCUT2D eigenvalue weighted by Crippen LogP contribution is 2.26. The van der Waals surface area contributed by atoms with Crippen LogP contribution in [-0.2, 0) is 24.3 Å². The zero-order valence-corrected chi connectivity index (χ0v) is 19.2. The molecule has 0 unspecified atom stereocenters. The number of carbonyl (C=O) groups is 2. The second-order valence-corrected chi connectivity index (χ2v) is 9.67. The predicted molar refractivity (Wildman–Crippen MR) is 118 cm³/mol. The first kappa shape index (κ1) is 23.5. The Balaban J connectivity index is 1.72. The van der Waals surface area contributed by atoms with Gasteiger partial charge < -0.3 is 14.5 Å². The van der Waals surface area contributed by atoms with Crippen LogP contribution in [0.5, 0.6) is 0 Å². The summed E-state index contributed by atoms with van der Waals surface area (Å²) in [5.41, 5.74) is 0. The van der Waals surface area contributed by atoms with Gasteiger partial charge in [-0.1, -0.05) is 29.8 Å². The van der Waals surface area contributed by atoms with Crippen molar-refractivity contribution in [2.75, 3.05) is 33.9 Å². The summed E-state index contributed by atoms with van der Waals surface area (Å²) in [6, 6.07) is 8.28. The molecule has 1 aliphatic heterocycles. The molecule has 0 aromatic heterocycles. The smallest absolute Gasteiger partial charge is 0.244 e. The Labute approximate surface area is 187 Å². The molecule has 1 fully saturated rings. The fraction of sp³-hybridized carbons (Fsp3) is 0.429. The minimum absolute atomic E-state index is 0.0527. The molecule has 2 aromatic rings. The number of nitrogens with zero attached hydrogens (tertiary/aromatic N) is 2. The van der Waals surface area contributed by atoms with E-state index in [1.807, 2.05) is 0 Å². The number of ether oxygens (including phenoxy) is 1. The molecule has 0 bridgehead atoms. The van der Waals surface area contributed by atoms with Crippen LogP contribution in [0.1, 0.15) is 13.3 Å². The predicted octanol–water partition coefficient (Wildman–Crippen LogP) is 1.87. The van der Waals surface area contributed by atoms with Gasteiger partial charge in [0, 0.05) is 37.7 Å². The van der Waals surface area contributed by atoms with E-state index in [1.54, 1.807) is 45.3 Å². The maximum absolute atomic E-state index is 12.9. The quantitative estimate of drug-likeness (QED) is 0.639. The van der Waals surface area contributed by atoms with Gasteiger partial charge in [0.2, 0.25) is 21.8 Å². The highest BCUT2D eigenvalue weighted by Gasteiger charge is 2.39. The lowest BCUT2D eigenvalue weighted by Gasteiger charge is -2.28. The van der Waals surface area contributed by atoms with Crippen LogP contribution in [0.15, 0.2) is 41.3 Å². The summed E-state index contributed by atoms with van der Waals surface area (Å²) in [7, 11) is -0.739. The number of hydrogen-bond donors (Lipinski definition) is 1. The van der Waals surface area contributed by atoms with E-state index in [0.717, 1.165) is 5.39 Å². The number of fused-ring (bicyclic) bond motifs is 1. The van der Waals surface area contributed by atoms with Crippen LogP contribution in [0.3, 0.4) is 0 Å². The van der Waals surface area contributed by atoms with Crippen LogP contribution in [0.25, 0.3) is 10.8 Å². The number of hydrogen-bond acceptors (Lipinski definition) is 5. The first-order valence-electron chi connectivity index (χ1n) is 9.90. The molecule has 10 heteroatoms. The molecule has 1 N–H and O–H groups in total. The van der Waals surface area contributed by atoms with Crippen molar-refractivity contribution >= 4 is 44.2 Å². The summed E-state index contributed by atoms with van der Waals surface area (Å²) in [5, 5.41) is 1.97. The maximum Gasteiger partial charge on any atom is 0.244 e. The van der Waals surface area contributed by atoms with Crippen LogP contribution in [-0.4, -0.2) is 76.0 Å². The normalized spacial score (nSPS) is 17.9. The van der Waals surface area contributed by atoms with Crippen molar-refractivity contribution in [1.29, 1.82) is 0 Å². The third kappa shape index (κ3) is 5.01. The lowest BCUT2D eigenvalue weighted by Crippen LogP contribution is -2.49. The third-order valence-corrected chi connectivity index (χ3v) is 7.28. The number of nitrogens with one attached hydrogen (secondary N) is 1. The number of likely N-dealkylation sites (tertiary alicyclic amines) is 1. The van der Waals surface area contributed by atoms with Crippen LogP contribution < -0.4 is 4.72 Å². The summed E-state index contributed by atoms with van der Waals surface area (Å²) in [5.74, 6) is -0.631. The number of sulfonamides is 1. The average Bonchev–Trinajstić information content (AvgIpc) is 3.10. The topological polar surface area (TPSA) is 96.0 Å². The van der Waals surface area contributed by atoms with Crippen molar-refractivity contribution in [2.45, 2.75) is 30.3 Å². The van der Waals surface area contributed by atoms with E-state index in [-0.39, 0.29) is 17.2 Å². The van der Waals surface area contributed by atoms with Gasteiger partial charge in [-0.05, 0) is 36.9 Å². The lowest BCUT2D eigenvalue weighted by atomic mass is 10.1. The molecule has 1 heterocycles. The number of halogens is 1. The molecule has 0 spiro atoms. The van der Waals surface area contributed by atoms with Gasteiger partial charge in [0.15, 0.2) is 0 Å². The monoisotopic (exact) mass is 467 g/mol. The van der Waals surface area contributed by atoms with Crippen molar-refractivity contribution < 1.29 is 22.7 Å². The Kier molecular flexibility index (Phi) is 7.20. The zero-order chi connectivity index (χ0) is 22.8.